The van der Waals surface area contributed by atoms with E-state index in [-0.39, 0.29) is 23.8 Å². The van der Waals surface area contributed by atoms with Crippen LogP contribution in [0.1, 0.15) is 69.6 Å². The Morgan fingerprint density at radius 1 is 1.36 bits per heavy atom. The molecule has 3 rings (SSSR count). The number of carbonyl (C=O) groups excluding carboxylic acids is 2. The smallest absolute Gasteiger partial charge is 0.249 e. The number of amides is 2. The van der Waals surface area contributed by atoms with Crippen LogP contribution in [0.2, 0.25) is 0 Å². The Hall–Kier alpha value is -1.92. The zero-order valence-corrected chi connectivity index (χ0v) is 13.0. The third kappa shape index (κ3) is 3.28. The molecule has 0 radical (unpaired) electrons. The minimum absolute atomic E-state index is 0.0682. The van der Waals surface area contributed by atoms with Crippen molar-refractivity contribution in [2.75, 3.05) is 0 Å². The molecule has 120 valence electrons. The standard InChI is InChI=1S/C15H22N4O3/c1-8(2)12(15-18-13(19-22-15)9-6-7-9)17-14(21)10-4-3-5-11(20)16-10/h8-10,12H,3-7H2,1-2H3,(H,16,20)(H,17,21)/t10-,12+/m1/s1. The predicted molar refractivity (Wildman–Crippen MR) is 77.8 cm³/mol. The summed E-state index contributed by atoms with van der Waals surface area (Å²) in [6.45, 7) is 3.98. The van der Waals surface area contributed by atoms with Crippen molar-refractivity contribution in [3.05, 3.63) is 11.7 Å². The van der Waals surface area contributed by atoms with E-state index in [1.165, 1.54) is 0 Å². The highest BCUT2D eigenvalue weighted by Crippen LogP contribution is 2.38. The number of hydrogen-bond donors (Lipinski definition) is 2. The van der Waals surface area contributed by atoms with Gasteiger partial charge in [0.2, 0.25) is 17.7 Å². The highest BCUT2D eigenvalue weighted by atomic mass is 16.5. The molecule has 1 aromatic heterocycles. The van der Waals surface area contributed by atoms with E-state index in [0.29, 0.717) is 24.7 Å². The summed E-state index contributed by atoms with van der Waals surface area (Å²) in [6.07, 6.45) is 4.10. The summed E-state index contributed by atoms with van der Waals surface area (Å²) in [5.74, 6) is 1.47. The van der Waals surface area contributed by atoms with Crippen LogP contribution >= 0.6 is 0 Å². The Bertz CT molecular complexity index is 565. The molecule has 0 aromatic carbocycles. The fourth-order valence-electron chi connectivity index (χ4n) is 2.65. The van der Waals surface area contributed by atoms with Gasteiger partial charge in [0.05, 0.1) is 0 Å². The Morgan fingerprint density at radius 2 is 2.14 bits per heavy atom. The zero-order valence-electron chi connectivity index (χ0n) is 13.0. The summed E-state index contributed by atoms with van der Waals surface area (Å²) in [7, 11) is 0. The summed E-state index contributed by atoms with van der Waals surface area (Å²) in [5, 5.41) is 9.68. The molecule has 1 saturated heterocycles. The van der Waals surface area contributed by atoms with Gasteiger partial charge < -0.3 is 15.2 Å². The lowest BCUT2D eigenvalue weighted by molar-refractivity contribution is -0.131. The molecule has 2 aliphatic rings. The number of rotatable bonds is 5. The van der Waals surface area contributed by atoms with Crippen LogP contribution in [0.4, 0.5) is 0 Å². The van der Waals surface area contributed by atoms with E-state index in [4.69, 9.17) is 4.52 Å². The molecule has 1 saturated carbocycles. The van der Waals surface area contributed by atoms with Gasteiger partial charge in [-0.15, -0.1) is 0 Å². The average molecular weight is 306 g/mol. The van der Waals surface area contributed by atoms with Gasteiger partial charge in [-0.25, -0.2) is 0 Å². The second-order valence-corrected chi connectivity index (χ2v) is 6.51. The second-order valence-electron chi connectivity index (χ2n) is 6.51. The Balaban J connectivity index is 1.67. The first-order valence-corrected chi connectivity index (χ1v) is 7.98. The normalized spacial score (nSPS) is 23.2. The van der Waals surface area contributed by atoms with Crippen molar-refractivity contribution in [3.63, 3.8) is 0 Å². The minimum atomic E-state index is -0.465. The molecule has 0 unspecified atom stereocenters. The molecule has 7 heteroatoms. The third-order valence-corrected chi connectivity index (χ3v) is 4.18. The highest BCUT2D eigenvalue weighted by Gasteiger charge is 2.33. The Kier molecular flexibility index (Phi) is 4.13. The van der Waals surface area contributed by atoms with Crippen molar-refractivity contribution < 1.29 is 14.1 Å². The molecule has 2 N–H and O–H groups in total. The SMILES string of the molecule is CC(C)[C@H](NC(=O)[C@H]1CCCC(=O)N1)c1nc(C2CC2)no1. The van der Waals surface area contributed by atoms with E-state index < -0.39 is 6.04 Å². The summed E-state index contributed by atoms with van der Waals surface area (Å²) in [6, 6.07) is -0.792. The maximum Gasteiger partial charge on any atom is 0.249 e. The van der Waals surface area contributed by atoms with Crippen LogP contribution in [0.25, 0.3) is 0 Å². The largest absolute Gasteiger partial charge is 0.344 e. The van der Waals surface area contributed by atoms with Crippen LogP contribution < -0.4 is 10.6 Å². The lowest BCUT2D eigenvalue weighted by atomic mass is 10.0. The molecule has 0 spiro atoms. The summed E-state index contributed by atoms with van der Waals surface area (Å²) < 4.78 is 5.34. The predicted octanol–water partition coefficient (Wildman–Crippen LogP) is 1.43. The fraction of sp³-hybridized carbons (Fsp3) is 0.733. The monoisotopic (exact) mass is 306 g/mol. The van der Waals surface area contributed by atoms with Crippen molar-refractivity contribution in [2.45, 2.75) is 64.0 Å². The molecular weight excluding hydrogens is 284 g/mol. The van der Waals surface area contributed by atoms with E-state index in [2.05, 4.69) is 20.8 Å². The fourth-order valence-corrected chi connectivity index (χ4v) is 2.65. The number of nitrogens with zero attached hydrogens (tertiary/aromatic N) is 2. The highest BCUT2D eigenvalue weighted by molar-refractivity contribution is 5.88. The van der Waals surface area contributed by atoms with Gasteiger partial charge in [-0.1, -0.05) is 19.0 Å². The quantitative estimate of drug-likeness (QED) is 0.857. The van der Waals surface area contributed by atoms with Gasteiger partial charge in [0.15, 0.2) is 5.82 Å². The molecule has 22 heavy (non-hydrogen) atoms. The van der Waals surface area contributed by atoms with Crippen molar-refractivity contribution >= 4 is 11.8 Å². The molecule has 2 atom stereocenters. The van der Waals surface area contributed by atoms with Gasteiger partial charge in [0, 0.05) is 12.3 Å². The molecular formula is C15H22N4O3. The molecule has 2 fully saturated rings. The molecule has 1 aliphatic carbocycles. The first-order valence-electron chi connectivity index (χ1n) is 7.98. The molecule has 2 amide bonds. The number of carbonyl (C=O) groups is 2. The number of nitrogens with one attached hydrogen (secondary N) is 2. The zero-order chi connectivity index (χ0) is 15.7. The lowest BCUT2D eigenvalue weighted by Crippen LogP contribution is -2.50. The second kappa shape index (κ2) is 6.06. The van der Waals surface area contributed by atoms with E-state index in [1.807, 2.05) is 13.8 Å². The molecule has 1 aromatic rings. The van der Waals surface area contributed by atoms with Crippen LogP contribution in [-0.4, -0.2) is 28.0 Å². The summed E-state index contributed by atoms with van der Waals surface area (Å²) >= 11 is 0. The lowest BCUT2D eigenvalue weighted by Gasteiger charge is -2.25. The molecule has 1 aliphatic heterocycles. The number of aromatic nitrogens is 2. The van der Waals surface area contributed by atoms with E-state index in [0.717, 1.165) is 25.1 Å². The van der Waals surface area contributed by atoms with Gasteiger partial charge in [-0.2, -0.15) is 4.98 Å². The van der Waals surface area contributed by atoms with E-state index in [9.17, 15) is 9.59 Å². The van der Waals surface area contributed by atoms with Crippen LogP contribution in [0.15, 0.2) is 4.52 Å². The maximum absolute atomic E-state index is 12.4. The Morgan fingerprint density at radius 3 is 2.77 bits per heavy atom. The van der Waals surface area contributed by atoms with Crippen molar-refractivity contribution in [1.82, 2.24) is 20.8 Å². The Labute approximate surface area is 129 Å². The van der Waals surface area contributed by atoms with Crippen molar-refractivity contribution in [2.24, 2.45) is 5.92 Å². The van der Waals surface area contributed by atoms with Gasteiger partial charge in [0.25, 0.3) is 0 Å². The van der Waals surface area contributed by atoms with Gasteiger partial charge in [-0.05, 0) is 31.6 Å². The molecule has 2 heterocycles. The summed E-state index contributed by atoms with van der Waals surface area (Å²) in [5.41, 5.74) is 0. The summed E-state index contributed by atoms with van der Waals surface area (Å²) in [4.78, 5) is 28.2. The van der Waals surface area contributed by atoms with Crippen molar-refractivity contribution in [3.8, 4) is 0 Å². The van der Waals surface area contributed by atoms with Gasteiger partial charge in [0.1, 0.15) is 12.1 Å². The van der Waals surface area contributed by atoms with Crippen LogP contribution in [0.5, 0.6) is 0 Å². The molecule has 7 nitrogen and oxygen atoms in total. The maximum atomic E-state index is 12.4. The van der Waals surface area contributed by atoms with E-state index >= 15 is 0 Å². The van der Waals surface area contributed by atoms with Crippen LogP contribution in [-0.2, 0) is 9.59 Å². The topological polar surface area (TPSA) is 97.1 Å². The minimum Gasteiger partial charge on any atom is -0.344 e. The third-order valence-electron chi connectivity index (χ3n) is 4.18. The van der Waals surface area contributed by atoms with Crippen molar-refractivity contribution in [1.29, 1.82) is 0 Å². The van der Waals surface area contributed by atoms with Gasteiger partial charge >= 0.3 is 0 Å². The van der Waals surface area contributed by atoms with Crippen LogP contribution in [0.3, 0.4) is 0 Å². The first-order chi connectivity index (χ1) is 10.5. The average Bonchev–Trinajstić information content (AvgIpc) is 3.22. The van der Waals surface area contributed by atoms with Crippen LogP contribution in [0, 0.1) is 5.92 Å². The number of hydrogen-bond acceptors (Lipinski definition) is 5. The van der Waals surface area contributed by atoms with E-state index in [1.54, 1.807) is 0 Å². The number of piperidine rings is 1. The molecule has 0 bridgehead atoms. The van der Waals surface area contributed by atoms with Gasteiger partial charge in [-0.3, -0.25) is 9.59 Å². The first kappa shape index (κ1) is 15.0.